The number of rotatable bonds is 7. The highest BCUT2D eigenvalue weighted by Crippen LogP contribution is 2.34. The van der Waals surface area contributed by atoms with Crippen LogP contribution in [0, 0.1) is 0 Å². The van der Waals surface area contributed by atoms with Gasteiger partial charge in [0.2, 0.25) is 0 Å². The van der Waals surface area contributed by atoms with Crippen LogP contribution in [0.2, 0.25) is 0 Å². The van der Waals surface area contributed by atoms with Crippen LogP contribution in [0.15, 0.2) is 54.6 Å². The van der Waals surface area contributed by atoms with E-state index in [9.17, 15) is 4.79 Å². The molecule has 0 unspecified atom stereocenters. The van der Waals surface area contributed by atoms with Crippen molar-refractivity contribution in [3.8, 4) is 5.75 Å². The van der Waals surface area contributed by atoms with Gasteiger partial charge in [-0.1, -0.05) is 47.7 Å². The van der Waals surface area contributed by atoms with Crippen molar-refractivity contribution in [2.75, 3.05) is 39.2 Å². The molecule has 0 atom stereocenters. The highest BCUT2D eigenvalue weighted by Gasteiger charge is 2.19. The van der Waals surface area contributed by atoms with Gasteiger partial charge in [-0.2, -0.15) is 0 Å². The summed E-state index contributed by atoms with van der Waals surface area (Å²) in [6.45, 7) is 1.31. The van der Waals surface area contributed by atoms with Gasteiger partial charge in [-0.3, -0.25) is 9.69 Å². The second-order valence-corrected chi connectivity index (χ2v) is 7.35. The molecular formula is C21H23N3O2S. The van der Waals surface area contributed by atoms with Crippen molar-refractivity contribution in [1.29, 1.82) is 0 Å². The number of methoxy groups -OCH3 is 1. The van der Waals surface area contributed by atoms with Crippen molar-refractivity contribution < 1.29 is 9.53 Å². The average Bonchev–Trinajstić information content (AvgIpc) is 3.11. The summed E-state index contributed by atoms with van der Waals surface area (Å²) in [4.78, 5) is 21.4. The molecule has 140 valence electrons. The molecule has 2 aromatic carbocycles. The van der Waals surface area contributed by atoms with Gasteiger partial charge < -0.3 is 9.64 Å². The minimum absolute atomic E-state index is 0.0845. The Bertz CT molecular complexity index is 935. The lowest BCUT2D eigenvalue weighted by Gasteiger charge is -2.20. The molecule has 0 radical (unpaired) electrons. The van der Waals surface area contributed by atoms with E-state index in [1.807, 2.05) is 68.7 Å². The molecule has 5 nitrogen and oxygen atoms in total. The maximum absolute atomic E-state index is 12.9. The van der Waals surface area contributed by atoms with Crippen LogP contribution >= 0.6 is 11.3 Å². The number of aromatic nitrogens is 1. The maximum Gasteiger partial charge on any atom is 0.252 e. The first-order chi connectivity index (χ1) is 13.1. The zero-order chi connectivity index (χ0) is 19.2. The molecule has 0 saturated heterocycles. The first kappa shape index (κ1) is 19.1. The van der Waals surface area contributed by atoms with Crippen molar-refractivity contribution in [2.45, 2.75) is 0 Å². The number of carbonyl (C=O) groups excluding carboxylic acids is 1. The number of carbonyl (C=O) groups is 1. The van der Waals surface area contributed by atoms with Crippen molar-refractivity contribution in [1.82, 2.24) is 9.88 Å². The Hall–Kier alpha value is -2.70. The Morgan fingerprint density at radius 1 is 1.11 bits per heavy atom. The van der Waals surface area contributed by atoms with Crippen LogP contribution in [0.25, 0.3) is 16.3 Å². The summed E-state index contributed by atoms with van der Waals surface area (Å²) in [7, 11) is 5.61. The second kappa shape index (κ2) is 8.79. The molecule has 6 heteroatoms. The Labute approximate surface area is 163 Å². The lowest BCUT2D eigenvalue weighted by molar-refractivity contribution is -0.114. The number of likely N-dealkylation sites (N-methyl/N-ethyl adjacent to an activating group) is 1. The van der Waals surface area contributed by atoms with Gasteiger partial charge in [0, 0.05) is 19.2 Å². The van der Waals surface area contributed by atoms with Crippen LogP contribution < -0.4 is 9.64 Å². The van der Waals surface area contributed by atoms with Gasteiger partial charge in [0.1, 0.15) is 11.3 Å². The number of benzene rings is 2. The Morgan fingerprint density at radius 2 is 1.89 bits per heavy atom. The molecule has 0 aliphatic rings. The number of amides is 1. The van der Waals surface area contributed by atoms with Crippen LogP contribution in [0.4, 0.5) is 5.13 Å². The standard InChI is InChI=1S/C21H23N3O2S/c1-23(2)14-15-24(19(25)13-12-16-8-5-4-6-9-16)21-22-20-17(26-3)10-7-11-18(20)27-21/h4-13H,14-15H2,1-3H3/b13-12+. The van der Waals surface area contributed by atoms with Crippen molar-refractivity contribution in [2.24, 2.45) is 0 Å². The molecule has 1 heterocycles. The molecule has 0 spiro atoms. The lowest BCUT2D eigenvalue weighted by Crippen LogP contribution is -2.35. The summed E-state index contributed by atoms with van der Waals surface area (Å²) < 4.78 is 6.40. The zero-order valence-electron chi connectivity index (χ0n) is 15.8. The number of para-hydroxylation sites is 1. The van der Waals surface area contributed by atoms with E-state index in [1.165, 1.54) is 11.3 Å². The summed E-state index contributed by atoms with van der Waals surface area (Å²) in [5.41, 5.74) is 1.78. The molecule has 0 aliphatic carbocycles. The molecular weight excluding hydrogens is 358 g/mol. The van der Waals surface area contributed by atoms with Gasteiger partial charge in [0.05, 0.1) is 11.8 Å². The van der Waals surface area contributed by atoms with E-state index in [0.717, 1.165) is 28.1 Å². The maximum atomic E-state index is 12.9. The second-order valence-electron chi connectivity index (χ2n) is 6.34. The Morgan fingerprint density at radius 3 is 2.59 bits per heavy atom. The number of hydrogen-bond donors (Lipinski definition) is 0. The largest absolute Gasteiger partial charge is 0.494 e. The van der Waals surface area contributed by atoms with E-state index in [4.69, 9.17) is 4.74 Å². The molecule has 0 fully saturated rings. The van der Waals surface area contributed by atoms with Crippen LogP contribution in [0.5, 0.6) is 5.75 Å². The van der Waals surface area contributed by atoms with Gasteiger partial charge >= 0.3 is 0 Å². The predicted octanol–water partition coefficient (Wildman–Crippen LogP) is 3.91. The number of nitrogens with zero attached hydrogens (tertiary/aromatic N) is 3. The van der Waals surface area contributed by atoms with Gasteiger partial charge in [0.25, 0.3) is 5.91 Å². The monoisotopic (exact) mass is 381 g/mol. The summed E-state index contributed by atoms with van der Waals surface area (Å²) in [5, 5.41) is 0.680. The van der Waals surface area contributed by atoms with E-state index >= 15 is 0 Å². The van der Waals surface area contributed by atoms with Gasteiger partial charge in [-0.05, 0) is 37.9 Å². The molecule has 0 saturated carbocycles. The lowest BCUT2D eigenvalue weighted by atomic mass is 10.2. The third kappa shape index (κ3) is 4.72. The molecule has 0 bridgehead atoms. The van der Waals surface area contributed by atoms with Crippen molar-refractivity contribution >= 4 is 38.7 Å². The fourth-order valence-electron chi connectivity index (χ4n) is 2.61. The molecule has 1 aromatic heterocycles. The van der Waals surface area contributed by atoms with E-state index in [-0.39, 0.29) is 5.91 Å². The molecule has 0 aliphatic heterocycles. The first-order valence-corrected chi connectivity index (χ1v) is 9.53. The molecule has 0 N–H and O–H groups in total. The predicted molar refractivity (Wildman–Crippen MR) is 113 cm³/mol. The summed E-state index contributed by atoms with van der Waals surface area (Å²) in [6.07, 6.45) is 3.44. The Balaban J connectivity index is 1.91. The molecule has 1 amide bonds. The SMILES string of the molecule is COc1cccc2sc(N(CCN(C)C)C(=O)/C=C/c3ccccc3)nc12. The van der Waals surface area contributed by atoms with Crippen molar-refractivity contribution in [3.63, 3.8) is 0 Å². The number of fused-ring (bicyclic) bond motifs is 1. The van der Waals surface area contributed by atoms with Crippen LogP contribution in [0.3, 0.4) is 0 Å². The fourth-order valence-corrected chi connectivity index (χ4v) is 3.63. The third-order valence-electron chi connectivity index (χ3n) is 4.08. The van der Waals surface area contributed by atoms with Gasteiger partial charge in [-0.15, -0.1) is 0 Å². The van der Waals surface area contributed by atoms with Crippen LogP contribution in [-0.2, 0) is 4.79 Å². The number of thiazole rings is 1. The van der Waals surface area contributed by atoms with Gasteiger partial charge in [0.15, 0.2) is 5.13 Å². The summed E-state index contributed by atoms with van der Waals surface area (Å²) in [6, 6.07) is 15.6. The van der Waals surface area contributed by atoms with E-state index in [0.29, 0.717) is 11.7 Å². The molecule has 27 heavy (non-hydrogen) atoms. The van der Waals surface area contributed by atoms with E-state index in [1.54, 1.807) is 18.1 Å². The zero-order valence-corrected chi connectivity index (χ0v) is 16.6. The van der Waals surface area contributed by atoms with Crippen LogP contribution in [-0.4, -0.2) is 50.1 Å². The molecule has 3 aromatic rings. The number of ether oxygens (including phenoxy) is 1. The van der Waals surface area contributed by atoms with Gasteiger partial charge in [-0.25, -0.2) is 4.98 Å². The fraction of sp³-hybridized carbons (Fsp3) is 0.238. The summed E-state index contributed by atoms with van der Waals surface area (Å²) in [5.74, 6) is 0.633. The molecule has 3 rings (SSSR count). The average molecular weight is 382 g/mol. The number of hydrogen-bond acceptors (Lipinski definition) is 5. The quantitative estimate of drug-likeness (QED) is 0.582. The topological polar surface area (TPSA) is 45.7 Å². The Kier molecular flexibility index (Phi) is 6.21. The highest BCUT2D eigenvalue weighted by molar-refractivity contribution is 7.22. The highest BCUT2D eigenvalue weighted by atomic mass is 32.1. The van der Waals surface area contributed by atoms with E-state index < -0.39 is 0 Å². The minimum atomic E-state index is -0.0845. The van der Waals surface area contributed by atoms with Crippen LogP contribution in [0.1, 0.15) is 5.56 Å². The van der Waals surface area contributed by atoms with Crippen molar-refractivity contribution in [3.05, 3.63) is 60.2 Å². The third-order valence-corrected chi connectivity index (χ3v) is 5.12. The van der Waals surface area contributed by atoms with E-state index in [2.05, 4.69) is 9.88 Å². The smallest absolute Gasteiger partial charge is 0.252 e. The minimum Gasteiger partial charge on any atom is -0.494 e. The normalized spacial score (nSPS) is 11.4. The number of anilines is 1. The first-order valence-electron chi connectivity index (χ1n) is 8.71. The summed E-state index contributed by atoms with van der Waals surface area (Å²) >= 11 is 1.50.